The molecule has 0 saturated heterocycles. The van der Waals surface area contributed by atoms with Crippen molar-refractivity contribution in [3.63, 3.8) is 0 Å². The summed E-state index contributed by atoms with van der Waals surface area (Å²) >= 11 is 0. The molecule has 0 N–H and O–H groups in total. The lowest BCUT2D eigenvalue weighted by Crippen LogP contribution is -2.01. The van der Waals surface area contributed by atoms with Crippen LogP contribution in [0.3, 0.4) is 0 Å². The smallest absolute Gasteiger partial charge is 0.339 e. The maximum absolute atomic E-state index is 12.0. The number of hydrogen-bond donors (Lipinski definition) is 0. The summed E-state index contributed by atoms with van der Waals surface area (Å²) in [6, 6.07) is 13.9. The molecule has 0 saturated carbocycles. The number of carbonyl (C=O) groups excluding carboxylic acids is 1. The van der Waals surface area contributed by atoms with E-state index >= 15 is 0 Å². The molecule has 0 spiro atoms. The molecule has 3 rings (SSSR count). The number of carbonyl (C=O) groups is 1. The molecule has 2 nitrogen and oxygen atoms in total. The highest BCUT2D eigenvalue weighted by molar-refractivity contribution is 5.96. The SMILES string of the molecule is Cc1ccc(C)c2c1C(=O)O[C@H]2c1ccccc1. The zero-order valence-electron chi connectivity index (χ0n) is 10.4. The predicted molar refractivity (Wildman–Crippen MR) is 69.6 cm³/mol. The van der Waals surface area contributed by atoms with Gasteiger partial charge in [-0.15, -0.1) is 0 Å². The zero-order valence-corrected chi connectivity index (χ0v) is 10.4. The lowest BCUT2D eigenvalue weighted by Gasteiger charge is -2.13. The van der Waals surface area contributed by atoms with Crippen LogP contribution < -0.4 is 0 Å². The predicted octanol–water partition coefficient (Wildman–Crippen LogP) is 3.56. The van der Waals surface area contributed by atoms with E-state index in [1.807, 2.05) is 56.3 Å². The maximum Gasteiger partial charge on any atom is 0.339 e. The van der Waals surface area contributed by atoms with Crippen molar-refractivity contribution in [3.05, 3.63) is 70.3 Å². The molecule has 1 aliphatic rings. The third-order valence-corrected chi connectivity index (χ3v) is 3.47. The van der Waals surface area contributed by atoms with Crippen LogP contribution in [0.2, 0.25) is 0 Å². The molecule has 2 aromatic carbocycles. The quantitative estimate of drug-likeness (QED) is 0.710. The van der Waals surface area contributed by atoms with Crippen LogP contribution in [0.15, 0.2) is 42.5 Å². The summed E-state index contributed by atoms with van der Waals surface area (Å²) in [6.45, 7) is 3.98. The summed E-state index contributed by atoms with van der Waals surface area (Å²) in [7, 11) is 0. The van der Waals surface area contributed by atoms with E-state index in [-0.39, 0.29) is 12.1 Å². The topological polar surface area (TPSA) is 26.3 Å². The highest BCUT2D eigenvalue weighted by atomic mass is 16.5. The molecule has 0 unspecified atom stereocenters. The van der Waals surface area contributed by atoms with E-state index in [1.165, 1.54) is 0 Å². The van der Waals surface area contributed by atoms with Gasteiger partial charge in [-0.25, -0.2) is 4.79 Å². The van der Waals surface area contributed by atoms with E-state index in [1.54, 1.807) is 0 Å². The highest BCUT2D eigenvalue weighted by Gasteiger charge is 2.34. The fraction of sp³-hybridized carbons (Fsp3) is 0.188. The minimum atomic E-state index is -0.256. The molecule has 2 heteroatoms. The van der Waals surface area contributed by atoms with E-state index in [0.717, 1.165) is 27.8 Å². The van der Waals surface area contributed by atoms with Crippen LogP contribution in [0.25, 0.3) is 0 Å². The van der Waals surface area contributed by atoms with Crippen LogP contribution in [-0.2, 0) is 4.74 Å². The Morgan fingerprint density at radius 2 is 1.61 bits per heavy atom. The van der Waals surface area contributed by atoms with Gasteiger partial charge in [-0.3, -0.25) is 0 Å². The summed E-state index contributed by atoms with van der Waals surface area (Å²) in [4.78, 5) is 12.0. The normalized spacial score (nSPS) is 17.4. The number of ether oxygens (including phenoxy) is 1. The van der Waals surface area contributed by atoms with Gasteiger partial charge in [0.2, 0.25) is 0 Å². The number of esters is 1. The Labute approximate surface area is 106 Å². The Hall–Kier alpha value is -2.09. The molecular weight excluding hydrogens is 224 g/mol. The Balaban J connectivity index is 2.20. The average molecular weight is 238 g/mol. The molecule has 2 aromatic rings. The van der Waals surface area contributed by atoms with E-state index in [9.17, 15) is 4.79 Å². The first-order chi connectivity index (χ1) is 8.68. The van der Waals surface area contributed by atoms with Crippen molar-refractivity contribution in [2.75, 3.05) is 0 Å². The second-order valence-corrected chi connectivity index (χ2v) is 4.68. The Bertz CT molecular complexity index is 614. The third kappa shape index (κ3) is 1.53. The van der Waals surface area contributed by atoms with Crippen molar-refractivity contribution in [3.8, 4) is 0 Å². The number of fused-ring (bicyclic) bond motifs is 1. The second kappa shape index (κ2) is 3.98. The van der Waals surface area contributed by atoms with Gasteiger partial charge in [-0.05, 0) is 30.5 Å². The first-order valence-corrected chi connectivity index (χ1v) is 6.04. The summed E-state index contributed by atoms with van der Waals surface area (Å²) in [5.74, 6) is -0.208. The standard InChI is InChI=1S/C16H14O2/c1-10-8-9-11(2)14-13(10)15(18-16(14)17)12-6-4-3-5-7-12/h3-9,15H,1-2H3/t15-/m0/s1. The van der Waals surface area contributed by atoms with E-state index in [2.05, 4.69) is 0 Å². The fourth-order valence-electron chi connectivity index (χ4n) is 2.53. The summed E-state index contributed by atoms with van der Waals surface area (Å²) in [5.41, 5.74) is 4.88. The van der Waals surface area contributed by atoms with Crippen molar-refractivity contribution in [2.24, 2.45) is 0 Å². The van der Waals surface area contributed by atoms with E-state index in [4.69, 9.17) is 4.74 Å². The molecule has 0 amide bonds. The van der Waals surface area contributed by atoms with Gasteiger partial charge in [-0.1, -0.05) is 42.5 Å². The van der Waals surface area contributed by atoms with Gasteiger partial charge in [0.25, 0.3) is 0 Å². The molecule has 0 aromatic heterocycles. The Kier molecular flexibility index (Phi) is 2.44. The van der Waals surface area contributed by atoms with Crippen molar-refractivity contribution in [2.45, 2.75) is 20.0 Å². The van der Waals surface area contributed by atoms with Gasteiger partial charge in [0.15, 0.2) is 6.10 Å². The van der Waals surface area contributed by atoms with Crippen LogP contribution >= 0.6 is 0 Å². The fourth-order valence-corrected chi connectivity index (χ4v) is 2.53. The van der Waals surface area contributed by atoms with Gasteiger partial charge in [0.05, 0.1) is 5.56 Å². The molecule has 1 atom stereocenters. The lowest BCUT2D eigenvalue weighted by molar-refractivity contribution is 0.0455. The summed E-state index contributed by atoms with van der Waals surface area (Å²) in [6.07, 6.45) is -0.256. The van der Waals surface area contributed by atoms with Gasteiger partial charge in [-0.2, -0.15) is 0 Å². The van der Waals surface area contributed by atoms with Crippen molar-refractivity contribution >= 4 is 5.97 Å². The number of benzene rings is 2. The van der Waals surface area contributed by atoms with E-state index < -0.39 is 0 Å². The Morgan fingerprint density at radius 1 is 0.944 bits per heavy atom. The second-order valence-electron chi connectivity index (χ2n) is 4.68. The maximum atomic E-state index is 12.0. The first-order valence-electron chi connectivity index (χ1n) is 6.04. The zero-order chi connectivity index (χ0) is 12.7. The van der Waals surface area contributed by atoms with Crippen LogP contribution in [0.5, 0.6) is 0 Å². The molecule has 1 aliphatic heterocycles. The lowest BCUT2D eigenvalue weighted by atomic mass is 9.92. The number of hydrogen-bond acceptors (Lipinski definition) is 2. The highest BCUT2D eigenvalue weighted by Crippen LogP contribution is 2.39. The van der Waals surface area contributed by atoms with Gasteiger partial charge in [0, 0.05) is 5.56 Å². The van der Waals surface area contributed by atoms with Gasteiger partial charge >= 0.3 is 5.97 Å². The van der Waals surface area contributed by atoms with Crippen molar-refractivity contribution in [1.29, 1.82) is 0 Å². The number of rotatable bonds is 1. The Morgan fingerprint density at radius 3 is 2.33 bits per heavy atom. The first kappa shape index (κ1) is 11.0. The van der Waals surface area contributed by atoms with Crippen LogP contribution in [0.4, 0.5) is 0 Å². The van der Waals surface area contributed by atoms with Crippen LogP contribution in [0.1, 0.15) is 38.7 Å². The molecule has 18 heavy (non-hydrogen) atoms. The monoisotopic (exact) mass is 238 g/mol. The number of aryl methyl sites for hydroxylation is 2. The molecule has 90 valence electrons. The van der Waals surface area contributed by atoms with Gasteiger partial charge < -0.3 is 4.74 Å². The summed E-state index contributed by atoms with van der Waals surface area (Å²) < 4.78 is 5.54. The molecule has 0 fully saturated rings. The number of cyclic esters (lactones) is 1. The molecular formula is C16H14O2. The largest absolute Gasteiger partial charge is 0.449 e. The van der Waals surface area contributed by atoms with E-state index in [0.29, 0.717) is 0 Å². The average Bonchev–Trinajstić information content (AvgIpc) is 2.74. The third-order valence-electron chi connectivity index (χ3n) is 3.47. The van der Waals surface area contributed by atoms with Gasteiger partial charge in [0.1, 0.15) is 0 Å². The minimum absolute atomic E-state index is 0.208. The minimum Gasteiger partial charge on any atom is -0.449 e. The van der Waals surface area contributed by atoms with Crippen LogP contribution in [-0.4, -0.2) is 5.97 Å². The van der Waals surface area contributed by atoms with Crippen molar-refractivity contribution < 1.29 is 9.53 Å². The molecule has 0 bridgehead atoms. The van der Waals surface area contributed by atoms with Crippen molar-refractivity contribution in [1.82, 2.24) is 0 Å². The van der Waals surface area contributed by atoms with Crippen LogP contribution in [0, 0.1) is 13.8 Å². The molecule has 1 heterocycles. The molecule has 0 aliphatic carbocycles. The summed E-state index contributed by atoms with van der Waals surface area (Å²) in [5, 5.41) is 0. The molecule has 0 radical (unpaired) electrons.